The molecule has 16 heavy (non-hydrogen) atoms. The van der Waals surface area contributed by atoms with Crippen LogP contribution in [0.4, 0.5) is 4.79 Å². The van der Waals surface area contributed by atoms with Crippen LogP contribution in [0.3, 0.4) is 0 Å². The Bertz CT molecular complexity index is 582. The molecule has 0 aliphatic rings. The smallest absolute Gasteiger partial charge is 0.422 e. The van der Waals surface area contributed by atoms with Crippen molar-refractivity contribution < 1.29 is 9.53 Å². The van der Waals surface area contributed by atoms with E-state index in [1.807, 2.05) is 6.07 Å². The van der Waals surface area contributed by atoms with Crippen LogP contribution in [-0.4, -0.2) is 16.8 Å². The molecule has 0 spiro atoms. The number of nitrogens with zero attached hydrogens (tertiary/aromatic N) is 1. The molecule has 0 atom stereocenters. The fourth-order valence-electron chi connectivity index (χ4n) is 1.39. The fourth-order valence-corrected chi connectivity index (χ4v) is 2.26. The van der Waals surface area contributed by atoms with Crippen molar-refractivity contribution in [3.8, 4) is 0 Å². The maximum atomic E-state index is 11.7. The molecule has 0 unspecified atom stereocenters. The average Bonchev–Trinajstić information content (AvgIpc) is 2.52. The van der Waals surface area contributed by atoms with Crippen LogP contribution in [0.15, 0.2) is 29.1 Å². The first-order valence-corrected chi connectivity index (χ1v) is 5.73. The van der Waals surface area contributed by atoms with Crippen LogP contribution in [-0.2, 0) is 4.74 Å². The molecule has 2 aromatic rings. The predicted molar refractivity (Wildman–Crippen MR) is 63.1 cm³/mol. The van der Waals surface area contributed by atoms with Crippen LogP contribution < -0.4 is 4.87 Å². The van der Waals surface area contributed by atoms with Crippen LogP contribution in [0.1, 0.15) is 13.8 Å². The zero-order chi connectivity index (χ0) is 11.7. The van der Waals surface area contributed by atoms with E-state index >= 15 is 0 Å². The highest BCUT2D eigenvalue weighted by Gasteiger charge is 2.15. The number of benzene rings is 1. The van der Waals surface area contributed by atoms with Gasteiger partial charge in [0, 0.05) is 0 Å². The Morgan fingerprint density at radius 1 is 1.38 bits per heavy atom. The second-order valence-corrected chi connectivity index (χ2v) is 4.60. The van der Waals surface area contributed by atoms with Gasteiger partial charge in [-0.25, -0.2) is 9.36 Å². The van der Waals surface area contributed by atoms with E-state index in [4.69, 9.17) is 4.74 Å². The Hall–Kier alpha value is -1.62. The molecule has 0 N–H and O–H groups in total. The average molecular weight is 237 g/mol. The number of fused-ring (bicyclic) bond motifs is 1. The number of hydrogen-bond donors (Lipinski definition) is 0. The van der Waals surface area contributed by atoms with Crippen molar-refractivity contribution in [1.29, 1.82) is 0 Å². The summed E-state index contributed by atoms with van der Waals surface area (Å²) in [6, 6.07) is 7.15. The minimum absolute atomic E-state index is 0.238. The van der Waals surface area contributed by atoms with Crippen molar-refractivity contribution in [2.75, 3.05) is 0 Å². The molecule has 2 rings (SSSR count). The molecule has 0 radical (unpaired) electrons. The van der Waals surface area contributed by atoms with Gasteiger partial charge in [0.2, 0.25) is 0 Å². The monoisotopic (exact) mass is 237 g/mol. The first-order valence-electron chi connectivity index (χ1n) is 4.91. The Morgan fingerprint density at radius 2 is 2.06 bits per heavy atom. The second kappa shape index (κ2) is 4.09. The molecule has 0 aliphatic heterocycles. The summed E-state index contributed by atoms with van der Waals surface area (Å²) in [5.41, 5.74) is 0.600. The van der Waals surface area contributed by atoms with Gasteiger partial charge >= 0.3 is 11.0 Å². The van der Waals surface area contributed by atoms with Crippen LogP contribution in [0.2, 0.25) is 0 Å². The second-order valence-electron chi connectivity index (χ2n) is 3.60. The molecule has 0 saturated heterocycles. The van der Waals surface area contributed by atoms with E-state index in [-0.39, 0.29) is 11.0 Å². The molecule has 84 valence electrons. The zero-order valence-electron chi connectivity index (χ0n) is 8.97. The Labute approximate surface area is 96.1 Å². The van der Waals surface area contributed by atoms with E-state index in [0.29, 0.717) is 5.52 Å². The quantitative estimate of drug-likeness (QED) is 0.765. The van der Waals surface area contributed by atoms with Gasteiger partial charge in [-0.2, -0.15) is 0 Å². The Kier molecular flexibility index (Phi) is 2.78. The number of hydrogen-bond acceptors (Lipinski definition) is 4. The van der Waals surface area contributed by atoms with Crippen molar-refractivity contribution >= 4 is 27.6 Å². The number of thiazole rings is 1. The molecule has 0 amide bonds. The third-order valence-corrected chi connectivity index (χ3v) is 2.93. The Morgan fingerprint density at radius 3 is 2.75 bits per heavy atom. The highest BCUT2D eigenvalue weighted by atomic mass is 32.1. The van der Waals surface area contributed by atoms with Crippen molar-refractivity contribution in [3.05, 3.63) is 33.9 Å². The molecule has 0 bridgehead atoms. The third-order valence-electron chi connectivity index (χ3n) is 2.01. The number of para-hydroxylation sites is 1. The van der Waals surface area contributed by atoms with Gasteiger partial charge in [0.15, 0.2) is 0 Å². The lowest BCUT2D eigenvalue weighted by molar-refractivity contribution is 0.117. The summed E-state index contributed by atoms with van der Waals surface area (Å²) in [5.74, 6) is 0. The van der Waals surface area contributed by atoms with Gasteiger partial charge in [-0.1, -0.05) is 23.5 Å². The van der Waals surface area contributed by atoms with Gasteiger partial charge in [-0.15, -0.1) is 0 Å². The van der Waals surface area contributed by atoms with Crippen LogP contribution >= 0.6 is 11.3 Å². The van der Waals surface area contributed by atoms with Crippen molar-refractivity contribution in [2.45, 2.75) is 20.0 Å². The minimum atomic E-state index is -0.613. The lowest BCUT2D eigenvalue weighted by Crippen LogP contribution is -2.25. The number of ether oxygens (including phenoxy) is 1. The highest BCUT2D eigenvalue weighted by molar-refractivity contribution is 7.16. The van der Waals surface area contributed by atoms with Gasteiger partial charge in [0.1, 0.15) is 0 Å². The maximum Gasteiger partial charge on any atom is 0.422 e. The van der Waals surface area contributed by atoms with Gasteiger partial charge < -0.3 is 4.74 Å². The largest absolute Gasteiger partial charge is 0.446 e. The molecule has 0 fully saturated rings. The summed E-state index contributed by atoms with van der Waals surface area (Å²) in [6.45, 7) is 3.50. The molecule has 1 aromatic heterocycles. The fraction of sp³-hybridized carbons (Fsp3) is 0.273. The number of aromatic nitrogens is 1. The highest BCUT2D eigenvalue weighted by Crippen LogP contribution is 2.16. The minimum Gasteiger partial charge on any atom is -0.446 e. The zero-order valence-corrected chi connectivity index (χ0v) is 9.78. The van der Waals surface area contributed by atoms with E-state index in [1.165, 1.54) is 0 Å². The predicted octanol–water partition coefficient (Wildman–Crippen LogP) is 2.46. The summed E-state index contributed by atoms with van der Waals surface area (Å²) in [4.78, 5) is 23.0. The van der Waals surface area contributed by atoms with Crippen molar-refractivity contribution in [3.63, 3.8) is 0 Å². The van der Waals surface area contributed by atoms with Gasteiger partial charge in [0.05, 0.1) is 16.3 Å². The van der Waals surface area contributed by atoms with Gasteiger partial charge in [0.25, 0.3) is 0 Å². The van der Waals surface area contributed by atoms with Crippen LogP contribution in [0.5, 0.6) is 0 Å². The lowest BCUT2D eigenvalue weighted by atomic mass is 10.3. The molecule has 0 saturated carbocycles. The maximum absolute atomic E-state index is 11.7. The first-order chi connectivity index (χ1) is 7.59. The summed E-state index contributed by atoms with van der Waals surface area (Å²) in [5, 5.41) is 0. The first kappa shape index (κ1) is 10.9. The van der Waals surface area contributed by atoms with E-state index in [1.54, 1.807) is 32.0 Å². The van der Waals surface area contributed by atoms with Crippen molar-refractivity contribution in [2.24, 2.45) is 0 Å². The van der Waals surface area contributed by atoms with E-state index in [9.17, 15) is 9.59 Å². The Balaban J connectivity index is 2.55. The van der Waals surface area contributed by atoms with Gasteiger partial charge in [-0.05, 0) is 26.0 Å². The standard InChI is InChI=1S/C11H11NO3S/c1-7(2)15-10(13)12-8-5-3-4-6-9(8)16-11(12)14/h3-7H,1-2H3. The van der Waals surface area contributed by atoms with Crippen LogP contribution in [0, 0.1) is 0 Å². The van der Waals surface area contributed by atoms with Crippen LogP contribution in [0.25, 0.3) is 10.2 Å². The number of rotatable bonds is 1. The summed E-state index contributed by atoms with van der Waals surface area (Å²) in [7, 11) is 0. The topological polar surface area (TPSA) is 48.3 Å². The summed E-state index contributed by atoms with van der Waals surface area (Å²) >= 11 is 1.04. The normalized spacial score (nSPS) is 10.9. The summed E-state index contributed by atoms with van der Waals surface area (Å²) in [6.07, 6.45) is -0.851. The molecule has 0 aliphatic carbocycles. The number of carbonyl (C=O) groups excluding carboxylic acids is 1. The molecule has 5 heteroatoms. The van der Waals surface area contributed by atoms with E-state index < -0.39 is 6.09 Å². The summed E-state index contributed by atoms with van der Waals surface area (Å²) < 4.78 is 6.87. The lowest BCUT2D eigenvalue weighted by Gasteiger charge is -2.07. The molecule has 1 aromatic carbocycles. The SMILES string of the molecule is CC(C)OC(=O)n1c(=O)sc2ccccc21. The van der Waals surface area contributed by atoms with Gasteiger partial charge in [-0.3, -0.25) is 4.79 Å². The molecule has 4 nitrogen and oxygen atoms in total. The molecular formula is C11H11NO3S. The number of carbonyl (C=O) groups is 1. The molecule has 1 heterocycles. The van der Waals surface area contributed by atoms with Crippen molar-refractivity contribution in [1.82, 2.24) is 4.57 Å². The van der Waals surface area contributed by atoms with E-state index in [0.717, 1.165) is 20.6 Å². The third kappa shape index (κ3) is 1.86. The van der Waals surface area contributed by atoms with E-state index in [2.05, 4.69) is 0 Å². The molecular weight excluding hydrogens is 226 g/mol.